The number of anilines is 1. The summed E-state index contributed by atoms with van der Waals surface area (Å²) in [6.07, 6.45) is -2.02. The van der Waals surface area contributed by atoms with E-state index in [0.29, 0.717) is 11.3 Å². The lowest BCUT2D eigenvalue weighted by Crippen LogP contribution is -2.43. The van der Waals surface area contributed by atoms with Crippen LogP contribution < -0.4 is 15.4 Å². The second kappa shape index (κ2) is 18.0. The summed E-state index contributed by atoms with van der Waals surface area (Å²) in [6, 6.07) is 42.2. The SMILES string of the molecule is O=C(CC[C@H](NC(=O)OCC1c2ccccc2-c2ccccc21)C(=O)OCC1c2ccccc2-c2ccccc21)Nc1ccc(COC(=O)Oc2ccc([N+](=O)[O-])cc2)cc1. The molecule has 0 bridgehead atoms. The van der Waals surface area contributed by atoms with Crippen molar-refractivity contribution in [3.8, 4) is 28.0 Å². The number of nitro groups is 1. The molecule has 0 radical (unpaired) electrons. The van der Waals surface area contributed by atoms with Crippen molar-refractivity contribution in [3.63, 3.8) is 0 Å². The van der Waals surface area contributed by atoms with Crippen LogP contribution in [0.25, 0.3) is 22.3 Å². The van der Waals surface area contributed by atoms with Crippen LogP contribution in [0.4, 0.5) is 21.0 Å². The molecule has 13 nitrogen and oxygen atoms in total. The number of hydrogen-bond donors (Lipinski definition) is 2. The molecule has 8 rings (SSSR count). The topological polar surface area (TPSA) is 172 Å². The first-order valence-corrected chi connectivity index (χ1v) is 19.7. The van der Waals surface area contributed by atoms with Gasteiger partial charge >= 0.3 is 18.2 Å². The quantitative estimate of drug-likeness (QED) is 0.0355. The van der Waals surface area contributed by atoms with Crippen molar-refractivity contribution in [2.45, 2.75) is 37.3 Å². The van der Waals surface area contributed by atoms with E-state index in [4.69, 9.17) is 18.9 Å². The maximum atomic E-state index is 13.8. The zero-order valence-corrected chi connectivity index (χ0v) is 32.7. The number of benzene rings is 6. The summed E-state index contributed by atoms with van der Waals surface area (Å²) in [5, 5.41) is 16.3. The third kappa shape index (κ3) is 9.10. The van der Waals surface area contributed by atoms with Crippen LogP contribution in [-0.2, 0) is 30.4 Å². The standard InChI is InChI=1S/C48H39N3O10/c52-45(49-31-19-17-30(18-20-31)27-60-48(55)61-33-23-21-32(22-24-33)51(56)57)26-25-44(46(53)58-28-42-38-13-5-1-9-34(38)35-10-2-6-14-39(35)42)50-47(54)59-29-43-40-15-7-3-11-36(40)37-12-4-8-16-41(37)43/h1-24,42-44H,25-29H2,(H,49,52)(H,50,54)/t44-/m0/s1. The molecule has 0 aliphatic heterocycles. The second-order valence-corrected chi connectivity index (χ2v) is 14.6. The van der Waals surface area contributed by atoms with Crippen LogP contribution in [0.15, 0.2) is 146 Å². The van der Waals surface area contributed by atoms with E-state index in [1.54, 1.807) is 24.3 Å². The Bertz CT molecular complexity index is 2520. The Kier molecular flexibility index (Phi) is 11.8. The Morgan fingerprint density at radius 1 is 0.607 bits per heavy atom. The number of non-ortho nitro benzene ring substituents is 1. The van der Waals surface area contributed by atoms with Gasteiger partial charge < -0.3 is 29.6 Å². The molecule has 306 valence electrons. The highest BCUT2D eigenvalue weighted by molar-refractivity contribution is 5.91. The molecule has 6 aromatic rings. The van der Waals surface area contributed by atoms with E-state index in [-0.39, 0.29) is 55.9 Å². The number of esters is 1. The molecule has 0 spiro atoms. The van der Waals surface area contributed by atoms with Crippen molar-refractivity contribution >= 4 is 35.5 Å². The van der Waals surface area contributed by atoms with Gasteiger partial charge in [-0.1, -0.05) is 109 Å². The van der Waals surface area contributed by atoms with Gasteiger partial charge in [0.1, 0.15) is 31.6 Å². The molecule has 0 heterocycles. The summed E-state index contributed by atoms with van der Waals surface area (Å²) in [6.45, 7) is -0.0596. The lowest BCUT2D eigenvalue weighted by Gasteiger charge is -2.21. The van der Waals surface area contributed by atoms with Crippen molar-refractivity contribution < 1.29 is 43.0 Å². The van der Waals surface area contributed by atoms with Crippen LogP contribution in [0, 0.1) is 10.1 Å². The van der Waals surface area contributed by atoms with Crippen LogP contribution in [0.3, 0.4) is 0 Å². The van der Waals surface area contributed by atoms with Gasteiger partial charge in [0.05, 0.1) is 4.92 Å². The molecule has 0 saturated carbocycles. The molecular weight excluding hydrogens is 779 g/mol. The number of carbonyl (C=O) groups excluding carboxylic acids is 4. The van der Waals surface area contributed by atoms with Crippen LogP contribution in [0.1, 0.15) is 52.5 Å². The van der Waals surface area contributed by atoms with E-state index >= 15 is 0 Å². The predicted molar refractivity (Wildman–Crippen MR) is 225 cm³/mol. The normalized spacial score (nSPS) is 12.8. The Hall–Kier alpha value is -7.80. The first kappa shape index (κ1) is 40.0. The van der Waals surface area contributed by atoms with Crippen molar-refractivity contribution in [2.75, 3.05) is 18.5 Å². The van der Waals surface area contributed by atoms with E-state index < -0.39 is 35.1 Å². The zero-order valence-electron chi connectivity index (χ0n) is 32.7. The van der Waals surface area contributed by atoms with Gasteiger partial charge in [-0.2, -0.15) is 0 Å². The van der Waals surface area contributed by atoms with Crippen LogP contribution in [0.5, 0.6) is 5.75 Å². The molecule has 0 fully saturated rings. The summed E-state index contributed by atoms with van der Waals surface area (Å²) in [5.74, 6) is -1.42. The third-order valence-corrected chi connectivity index (χ3v) is 10.8. The number of nitrogens with one attached hydrogen (secondary N) is 2. The molecule has 2 amide bonds. The summed E-state index contributed by atoms with van der Waals surface area (Å²) < 4.78 is 21.9. The Morgan fingerprint density at radius 2 is 1.10 bits per heavy atom. The highest BCUT2D eigenvalue weighted by atomic mass is 16.7. The van der Waals surface area contributed by atoms with E-state index in [0.717, 1.165) is 44.5 Å². The summed E-state index contributed by atoms with van der Waals surface area (Å²) >= 11 is 0. The average Bonchev–Trinajstić information content (AvgIpc) is 3.78. The fourth-order valence-corrected chi connectivity index (χ4v) is 7.82. The molecule has 2 aliphatic carbocycles. The van der Waals surface area contributed by atoms with Gasteiger partial charge in [0.2, 0.25) is 5.91 Å². The first-order chi connectivity index (χ1) is 29.7. The predicted octanol–water partition coefficient (Wildman–Crippen LogP) is 9.29. The van der Waals surface area contributed by atoms with E-state index in [2.05, 4.69) is 10.6 Å². The second-order valence-electron chi connectivity index (χ2n) is 14.6. The molecule has 13 heteroatoms. The summed E-state index contributed by atoms with van der Waals surface area (Å²) in [7, 11) is 0. The van der Waals surface area contributed by atoms with Gasteiger partial charge in [-0.05, 0) is 80.8 Å². The van der Waals surface area contributed by atoms with Crippen LogP contribution >= 0.6 is 0 Å². The highest BCUT2D eigenvalue weighted by Crippen LogP contribution is 2.45. The number of alkyl carbamates (subject to hydrolysis) is 1. The Labute approximate surface area is 350 Å². The van der Waals surface area contributed by atoms with Crippen molar-refractivity contribution in [1.29, 1.82) is 0 Å². The fraction of sp³-hybridized carbons (Fsp3) is 0.167. The van der Waals surface area contributed by atoms with Gasteiger partial charge in [0.25, 0.3) is 5.69 Å². The van der Waals surface area contributed by atoms with Crippen molar-refractivity contribution in [1.82, 2.24) is 5.32 Å². The lowest BCUT2D eigenvalue weighted by atomic mass is 9.98. The van der Waals surface area contributed by atoms with Crippen LogP contribution in [0.2, 0.25) is 0 Å². The minimum absolute atomic E-state index is 0.0345. The third-order valence-electron chi connectivity index (χ3n) is 10.8. The number of fused-ring (bicyclic) bond motifs is 6. The van der Waals surface area contributed by atoms with Gasteiger partial charge in [-0.15, -0.1) is 0 Å². The number of carbonyl (C=O) groups is 4. The maximum absolute atomic E-state index is 13.8. The van der Waals surface area contributed by atoms with Crippen molar-refractivity contribution in [3.05, 3.63) is 184 Å². The first-order valence-electron chi connectivity index (χ1n) is 19.7. The summed E-state index contributed by atoms with van der Waals surface area (Å²) in [5.41, 5.74) is 9.39. The lowest BCUT2D eigenvalue weighted by molar-refractivity contribution is -0.384. The Morgan fingerprint density at radius 3 is 1.61 bits per heavy atom. The number of nitrogens with zero attached hydrogens (tertiary/aromatic N) is 1. The number of nitro benzene ring substituents is 1. The molecule has 0 saturated heterocycles. The molecule has 2 N–H and O–H groups in total. The van der Waals surface area contributed by atoms with E-state index in [9.17, 15) is 29.3 Å². The van der Waals surface area contributed by atoms with E-state index in [1.165, 1.54) is 24.3 Å². The number of hydrogen-bond acceptors (Lipinski definition) is 10. The smallest absolute Gasteiger partial charge is 0.463 e. The van der Waals surface area contributed by atoms with Crippen LogP contribution in [-0.4, -0.2) is 48.3 Å². The molecular formula is C48H39N3O10. The molecule has 2 aliphatic rings. The minimum atomic E-state index is -1.20. The van der Waals surface area contributed by atoms with E-state index in [1.807, 2.05) is 97.1 Å². The average molecular weight is 818 g/mol. The van der Waals surface area contributed by atoms with Gasteiger partial charge in [0, 0.05) is 36.1 Å². The van der Waals surface area contributed by atoms with Crippen molar-refractivity contribution in [2.24, 2.45) is 0 Å². The Balaban J connectivity index is 0.884. The highest BCUT2D eigenvalue weighted by Gasteiger charge is 2.33. The number of amides is 2. The molecule has 0 unspecified atom stereocenters. The molecule has 0 aromatic heterocycles. The minimum Gasteiger partial charge on any atom is -0.463 e. The molecule has 6 aromatic carbocycles. The van der Waals surface area contributed by atoms with Gasteiger partial charge in [-0.3, -0.25) is 14.9 Å². The fourth-order valence-electron chi connectivity index (χ4n) is 7.82. The molecule has 1 atom stereocenters. The van der Waals surface area contributed by atoms with Gasteiger partial charge in [0.15, 0.2) is 0 Å². The monoisotopic (exact) mass is 817 g/mol. The molecule has 61 heavy (non-hydrogen) atoms. The maximum Gasteiger partial charge on any atom is 0.514 e. The zero-order chi connectivity index (χ0) is 42.3. The number of rotatable bonds is 14. The largest absolute Gasteiger partial charge is 0.514 e. The summed E-state index contributed by atoms with van der Waals surface area (Å²) in [4.78, 5) is 62.8. The number of ether oxygens (including phenoxy) is 4. The van der Waals surface area contributed by atoms with Gasteiger partial charge in [-0.25, -0.2) is 14.4 Å².